The minimum atomic E-state index is 0.383. The number of aryl methyl sites for hydroxylation is 1. The van der Waals surface area contributed by atoms with Gasteiger partial charge in [-0.15, -0.1) is 11.3 Å². The van der Waals surface area contributed by atoms with Crippen LogP contribution in [-0.2, 0) is 0 Å². The predicted octanol–water partition coefficient (Wildman–Crippen LogP) is 2.63. The van der Waals surface area contributed by atoms with Crippen molar-refractivity contribution in [1.29, 1.82) is 5.26 Å². The van der Waals surface area contributed by atoms with Gasteiger partial charge in [-0.3, -0.25) is 0 Å². The van der Waals surface area contributed by atoms with E-state index in [2.05, 4.69) is 19.9 Å². The van der Waals surface area contributed by atoms with Crippen molar-refractivity contribution in [3.05, 3.63) is 16.0 Å². The molecule has 1 aromatic rings. The van der Waals surface area contributed by atoms with Crippen molar-refractivity contribution in [3.8, 4) is 6.07 Å². The van der Waals surface area contributed by atoms with Crippen molar-refractivity contribution in [2.45, 2.75) is 26.7 Å². The number of nitrogens with two attached hydrogens (primary N) is 1. The van der Waals surface area contributed by atoms with Crippen molar-refractivity contribution in [1.82, 2.24) is 0 Å². The SMILES string of the molecule is Cc1sc(N)c(C#N)c1C(C)C. The highest BCUT2D eigenvalue weighted by molar-refractivity contribution is 7.16. The Bertz CT molecular complexity index is 331. The van der Waals surface area contributed by atoms with E-state index in [4.69, 9.17) is 11.0 Å². The number of hydrogen-bond donors (Lipinski definition) is 1. The fourth-order valence-electron chi connectivity index (χ4n) is 1.39. The molecular formula is C9H12N2S. The normalized spacial score (nSPS) is 10.2. The Hall–Kier alpha value is -1.01. The summed E-state index contributed by atoms with van der Waals surface area (Å²) in [5.74, 6) is 0.383. The Kier molecular flexibility index (Phi) is 2.39. The lowest BCUT2D eigenvalue weighted by atomic mass is 10.00. The van der Waals surface area contributed by atoms with Gasteiger partial charge in [0.2, 0.25) is 0 Å². The van der Waals surface area contributed by atoms with Gasteiger partial charge in [-0.05, 0) is 18.4 Å². The minimum Gasteiger partial charge on any atom is -0.389 e. The molecule has 0 spiro atoms. The molecule has 3 heteroatoms. The van der Waals surface area contributed by atoms with Crippen LogP contribution in [0, 0.1) is 18.3 Å². The summed E-state index contributed by atoms with van der Waals surface area (Å²) in [6.07, 6.45) is 0. The summed E-state index contributed by atoms with van der Waals surface area (Å²) < 4.78 is 0. The van der Waals surface area contributed by atoms with Crippen LogP contribution in [0.25, 0.3) is 0 Å². The van der Waals surface area contributed by atoms with Gasteiger partial charge in [-0.2, -0.15) is 5.26 Å². The summed E-state index contributed by atoms with van der Waals surface area (Å²) in [6, 6.07) is 2.15. The lowest BCUT2D eigenvalue weighted by Crippen LogP contribution is -1.92. The monoisotopic (exact) mass is 180 g/mol. The molecular weight excluding hydrogens is 168 g/mol. The highest BCUT2D eigenvalue weighted by atomic mass is 32.1. The van der Waals surface area contributed by atoms with Gasteiger partial charge in [0.25, 0.3) is 0 Å². The Morgan fingerprint density at radius 3 is 2.42 bits per heavy atom. The molecule has 0 unspecified atom stereocenters. The summed E-state index contributed by atoms with van der Waals surface area (Å²) in [5, 5.41) is 9.49. The lowest BCUT2D eigenvalue weighted by molar-refractivity contribution is 0.861. The Morgan fingerprint density at radius 2 is 2.08 bits per heavy atom. The van der Waals surface area contributed by atoms with Gasteiger partial charge in [0.05, 0.1) is 5.56 Å². The van der Waals surface area contributed by atoms with E-state index >= 15 is 0 Å². The van der Waals surface area contributed by atoms with Gasteiger partial charge in [0.15, 0.2) is 0 Å². The third kappa shape index (κ3) is 1.30. The summed E-state index contributed by atoms with van der Waals surface area (Å²) in [4.78, 5) is 1.17. The zero-order valence-electron chi connectivity index (χ0n) is 7.51. The molecule has 0 aliphatic heterocycles. The zero-order valence-corrected chi connectivity index (χ0v) is 8.33. The lowest BCUT2D eigenvalue weighted by Gasteiger charge is -2.03. The maximum Gasteiger partial charge on any atom is 0.104 e. The van der Waals surface area contributed by atoms with Crippen molar-refractivity contribution >= 4 is 16.3 Å². The first-order valence-electron chi connectivity index (χ1n) is 3.86. The molecule has 1 rings (SSSR count). The quantitative estimate of drug-likeness (QED) is 0.722. The molecule has 0 amide bonds. The molecule has 0 aromatic carbocycles. The van der Waals surface area contributed by atoms with Crippen LogP contribution in [0.1, 0.15) is 35.8 Å². The van der Waals surface area contributed by atoms with Gasteiger partial charge in [-0.25, -0.2) is 0 Å². The molecule has 0 fully saturated rings. The van der Waals surface area contributed by atoms with E-state index in [9.17, 15) is 0 Å². The second-order valence-corrected chi connectivity index (χ2v) is 4.33. The minimum absolute atomic E-state index is 0.383. The van der Waals surface area contributed by atoms with Gasteiger partial charge in [0.1, 0.15) is 11.1 Å². The fourth-order valence-corrected chi connectivity index (χ4v) is 2.43. The number of anilines is 1. The van der Waals surface area contributed by atoms with E-state index in [1.165, 1.54) is 16.2 Å². The van der Waals surface area contributed by atoms with E-state index in [1.807, 2.05) is 6.92 Å². The molecule has 64 valence electrons. The van der Waals surface area contributed by atoms with Gasteiger partial charge >= 0.3 is 0 Å². The Morgan fingerprint density at radius 1 is 1.50 bits per heavy atom. The van der Waals surface area contributed by atoms with Gasteiger partial charge < -0.3 is 5.73 Å². The maximum atomic E-state index is 8.84. The largest absolute Gasteiger partial charge is 0.389 e. The first-order valence-corrected chi connectivity index (χ1v) is 4.68. The summed E-state index contributed by atoms with van der Waals surface area (Å²) in [7, 11) is 0. The third-order valence-corrected chi connectivity index (χ3v) is 2.80. The van der Waals surface area contributed by atoms with Crippen LogP contribution in [0.2, 0.25) is 0 Å². The van der Waals surface area contributed by atoms with Crippen molar-refractivity contribution < 1.29 is 0 Å². The summed E-state index contributed by atoms with van der Waals surface area (Å²) in [5.41, 5.74) is 7.47. The summed E-state index contributed by atoms with van der Waals surface area (Å²) >= 11 is 1.50. The van der Waals surface area contributed by atoms with Crippen LogP contribution < -0.4 is 5.73 Å². The molecule has 0 aliphatic carbocycles. The second kappa shape index (κ2) is 3.16. The maximum absolute atomic E-state index is 8.84. The first-order chi connectivity index (χ1) is 5.57. The van der Waals surface area contributed by atoms with E-state index < -0.39 is 0 Å². The number of thiophene rings is 1. The highest BCUT2D eigenvalue weighted by Crippen LogP contribution is 2.34. The molecule has 1 aromatic heterocycles. The van der Waals surface area contributed by atoms with Crippen molar-refractivity contribution in [2.75, 3.05) is 5.73 Å². The first kappa shape index (κ1) is 9.08. The van der Waals surface area contributed by atoms with Crippen molar-refractivity contribution in [2.24, 2.45) is 0 Å². The average molecular weight is 180 g/mol. The fraction of sp³-hybridized carbons (Fsp3) is 0.444. The standard InChI is InChI=1S/C9H12N2S/c1-5(2)8-6(3)12-9(11)7(8)4-10/h5H,11H2,1-3H3. The van der Waals surface area contributed by atoms with Gasteiger partial charge in [0, 0.05) is 4.88 Å². The van der Waals surface area contributed by atoms with E-state index in [0.717, 1.165) is 5.56 Å². The van der Waals surface area contributed by atoms with Crippen LogP contribution in [0.5, 0.6) is 0 Å². The predicted molar refractivity (Wildman–Crippen MR) is 52.3 cm³/mol. The number of nitrogens with zero attached hydrogens (tertiary/aromatic N) is 1. The van der Waals surface area contributed by atoms with E-state index in [0.29, 0.717) is 16.5 Å². The Balaban J connectivity index is 3.35. The van der Waals surface area contributed by atoms with Crippen LogP contribution >= 0.6 is 11.3 Å². The van der Waals surface area contributed by atoms with Crippen LogP contribution in [-0.4, -0.2) is 0 Å². The molecule has 0 radical (unpaired) electrons. The topological polar surface area (TPSA) is 49.8 Å². The molecule has 0 saturated heterocycles. The number of nitrogen functional groups attached to an aromatic ring is 1. The van der Waals surface area contributed by atoms with Crippen LogP contribution in [0.4, 0.5) is 5.00 Å². The number of rotatable bonds is 1. The third-order valence-electron chi connectivity index (χ3n) is 1.85. The smallest absolute Gasteiger partial charge is 0.104 e. The number of nitriles is 1. The summed E-state index contributed by atoms with van der Waals surface area (Å²) in [6.45, 7) is 6.17. The zero-order chi connectivity index (χ0) is 9.30. The molecule has 0 atom stereocenters. The molecule has 0 aliphatic rings. The van der Waals surface area contributed by atoms with Crippen LogP contribution in [0.15, 0.2) is 0 Å². The molecule has 0 bridgehead atoms. The molecule has 2 nitrogen and oxygen atoms in total. The molecule has 2 N–H and O–H groups in total. The van der Waals surface area contributed by atoms with E-state index in [-0.39, 0.29) is 0 Å². The Labute approximate surface area is 76.6 Å². The number of hydrogen-bond acceptors (Lipinski definition) is 3. The van der Waals surface area contributed by atoms with E-state index in [1.54, 1.807) is 0 Å². The second-order valence-electron chi connectivity index (χ2n) is 3.08. The van der Waals surface area contributed by atoms with Crippen molar-refractivity contribution in [3.63, 3.8) is 0 Å². The molecule has 1 heterocycles. The molecule has 0 saturated carbocycles. The highest BCUT2D eigenvalue weighted by Gasteiger charge is 2.15. The molecule has 12 heavy (non-hydrogen) atoms. The van der Waals surface area contributed by atoms with Crippen LogP contribution in [0.3, 0.4) is 0 Å². The van der Waals surface area contributed by atoms with Gasteiger partial charge in [-0.1, -0.05) is 13.8 Å². The average Bonchev–Trinajstić information content (AvgIpc) is 2.24.